The largest absolute Gasteiger partial charge is 0.493 e. The van der Waals surface area contributed by atoms with Crippen LogP contribution >= 0.6 is 0 Å². The Bertz CT molecular complexity index is 745. The Morgan fingerprint density at radius 3 is 1.92 bits per heavy atom. The Kier molecular flexibility index (Phi) is 5.84. The zero-order chi connectivity index (χ0) is 18.4. The van der Waals surface area contributed by atoms with E-state index in [1.807, 2.05) is 0 Å². The van der Waals surface area contributed by atoms with Crippen LogP contribution in [0.1, 0.15) is 15.9 Å². The molecule has 0 saturated carbocycles. The molecule has 2 aromatic rings. The number of ether oxygens (including phenoxy) is 4. The summed E-state index contributed by atoms with van der Waals surface area (Å²) in [5, 5.41) is 0. The lowest BCUT2D eigenvalue weighted by Gasteiger charge is -2.14. The van der Waals surface area contributed by atoms with Gasteiger partial charge in [0.15, 0.2) is 11.5 Å². The molecule has 2 N–H and O–H groups in total. The molecule has 0 unspecified atom stereocenters. The van der Waals surface area contributed by atoms with E-state index in [9.17, 15) is 9.59 Å². The third kappa shape index (κ3) is 4.41. The number of hydrogen-bond donors (Lipinski definition) is 1. The molecule has 0 bridgehead atoms. The Morgan fingerprint density at radius 1 is 0.920 bits per heavy atom. The van der Waals surface area contributed by atoms with Crippen LogP contribution in [0.4, 0.5) is 0 Å². The number of primary amides is 1. The van der Waals surface area contributed by atoms with E-state index < -0.39 is 11.9 Å². The number of esters is 1. The van der Waals surface area contributed by atoms with Crippen LogP contribution in [-0.4, -0.2) is 33.2 Å². The first-order valence-electron chi connectivity index (χ1n) is 7.38. The predicted octanol–water partition coefficient (Wildman–Crippen LogP) is 1.96. The van der Waals surface area contributed by atoms with Crippen molar-refractivity contribution in [3.63, 3.8) is 0 Å². The molecule has 132 valence electrons. The second-order valence-corrected chi connectivity index (χ2v) is 5.07. The maximum Gasteiger partial charge on any atom is 0.315 e. The van der Waals surface area contributed by atoms with Crippen molar-refractivity contribution in [1.82, 2.24) is 0 Å². The quantitative estimate of drug-likeness (QED) is 0.608. The molecular formula is C18H19NO6. The molecule has 0 aliphatic carbocycles. The molecule has 0 aliphatic rings. The van der Waals surface area contributed by atoms with Crippen molar-refractivity contribution in [3.8, 4) is 23.0 Å². The third-order valence-corrected chi connectivity index (χ3v) is 3.44. The molecule has 0 aliphatic heterocycles. The van der Waals surface area contributed by atoms with E-state index in [0.29, 0.717) is 34.1 Å². The molecule has 0 spiro atoms. The first kappa shape index (κ1) is 18.1. The van der Waals surface area contributed by atoms with Crippen molar-refractivity contribution in [2.24, 2.45) is 5.73 Å². The molecule has 7 nitrogen and oxygen atoms in total. The minimum Gasteiger partial charge on any atom is -0.493 e. The van der Waals surface area contributed by atoms with Gasteiger partial charge < -0.3 is 24.7 Å². The normalized spacial score (nSPS) is 10.0. The summed E-state index contributed by atoms with van der Waals surface area (Å²) in [5.74, 6) is 0.661. The smallest absolute Gasteiger partial charge is 0.315 e. The lowest BCUT2D eigenvalue weighted by molar-refractivity contribution is -0.133. The number of benzene rings is 2. The number of nitrogens with two attached hydrogens (primary N) is 1. The van der Waals surface area contributed by atoms with E-state index in [-0.39, 0.29) is 6.42 Å². The lowest BCUT2D eigenvalue weighted by Crippen LogP contribution is -2.13. The second kappa shape index (κ2) is 8.05. The Hall–Kier alpha value is -3.22. The molecule has 0 saturated heterocycles. The van der Waals surface area contributed by atoms with Crippen LogP contribution in [0.5, 0.6) is 23.0 Å². The number of amides is 1. The van der Waals surface area contributed by atoms with Crippen LogP contribution in [0.15, 0.2) is 36.4 Å². The highest BCUT2D eigenvalue weighted by atomic mass is 16.5. The summed E-state index contributed by atoms with van der Waals surface area (Å²) in [7, 11) is 4.50. The highest BCUT2D eigenvalue weighted by molar-refractivity contribution is 5.92. The van der Waals surface area contributed by atoms with Crippen molar-refractivity contribution in [2.75, 3.05) is 21.3 Å². The fourth-order valence-electron chi connectivity index (χ4n) is 2.26. The average molecular weight is 345 g/mol. The maximum atomic E-state index is 12.1. The van der Waals surface area contributed by atoms with Gasteiger partial charge in [-0.15, -0.1) is 0 Å². The first-order chi connectivity index (χ1) is 12.0. The summed E-state index contributed by atoms with van der Waals surface area (Å²) in [6.45, 7) is 0. The summed E-state index contributed by atoms with van der Waals surface area (Å²) in [4.78, 5) is 23.2. The van der Waals surface area contributed by atoms with Crippen LogP contribution < -0.4 is 24.7 Å². The molecule has 25 heavy (non-hydrogen) atoms. The van der Waals surface area contributed by atoms with Crippen LogP contribution in [0.3, 0.4) is 0 Å². The van der Waals surface area contributed by atoms with Gasteiger partial charge in [-0.3, -0.25) is 9.59 Å². The predicted molar refractivity (Wildman–Crippen MR) is 90.4 cm³/mol. The molecule has 2 aromatic carbocycles. The second-order valence-electron chi connectivity index (χ2n) is 5.07. The van der Waals surface area contributed by atoms with Gasteiger partial charge in [0.1, 0.15) is 5.75 Å². The fourth-order valence-corrected chi connectivity index (χ4v) is 2.26. The van der Waals surface area contributed by atoms with Crippen molar-refractivity contribution in [3.05, 3.63) is 47.5 Å². The van der Waals surface area contributed by atoms with E-state index >= 15 is 0 Å². The molecule has 0 radical (unpaired) electrons. The standard InChI is InChI=1S/C18H19NO6/c1-22-14-8-11(9-15(23-2)17(14)24-3)10-16(20)25-13-6-4-12(5-7-13)18(19)21/h4-9H,10H2,1-3H3,(H2,19,21). The van der Waals surface area contributed by atoms with Crippen molar-refractivity contribution in [2.45, 2.75) is 6.42 Å². The summed E-state index contributed by atoms with van der Waals surface area (Å²) in [6.07, 6.45) is 0.00822. The minimum atomic E-state index is -0.546. The van der Waals surface area contributed by atoms with Gasteiger partial charge in [-0.2, -0.15) is 0 Å². The van der Waals surface area contributed by atoms with Gasteiger partial charge in [-0.1, -0.05) is 0 Å². The van der Waals surface area contributed by atoms with Gasteiger partial charge in [-0.05, 0) is 42.0 Å². The highest BCUT2D eigenvalue weighted by Crippen LogP contribution is 2.38. The number of methoxy groups -OCH3 is 3. The first-order valence-corrected chi connectivity index (χ1v) is 7.38. The van der Waals surface area contributed by atoms with E-state index in [4.69, 9.17) is 24.7 Å². The van der Waals surface area contributed by atoms with Gasteiger partial charge in [-0.25, -0.2) is 0 Å². The van der Waals surface area contributed by atoms with Crippen LogP contribution in [0.25, 0.3) is 0 Å². The average Bonchev–Trinajstić information content (AvgIpc) is 2.61. The molecular weight excluding hydrogens is 326 g/mol. The van der Waals surface area contributed by atoms with Crippen LogP contribution in [0, 0.1) is 0 Å². The molecule has 0 aromatic heterocycles. The van der Waals surface area contributed by atoms with E-state index in [2.05, 4.69) is 0 Å². The summed E-state index contributed by atoms with van der Waals surface area (Å²) >= 11 is 0. The van der Waals surface area contributed by atoms with Crippen molar-refractivity contribution in [1.29, 1.82) is 0 Å². The SMILES string of the molecule is COc1cc(CC(=O)Oc2ccc(C(N)=O)cc2)cc(OC)c1OC. The zero-order valence-electron chi connectivity index (χ0n) is 14.2. The summed E-state index contributed by atoms with van der Waals surface area (Å²) in [5.41, 5.74) is 6.15. The third-order valence-electron chi connectivity index (χ3n) is 3.44. The van der Waals surface area contributed by atoms with E-state index in [1.165, 1.54) is 45.6 Å². The molecule has 0 heterocycles. The summed E-state index contributed by atoms with van der Waals surface area (Å²) < 4.78 is 21.0. The van der Waals surface area contributed by atoms with Gasteiger partial charge in [0, 0.05) is 5.56 Å². The monoisotopic (exact) mass is 345 g/mol. The van der Waals surface area contributed by atoms with Gasteiger partial charge in [0.2, 0.25) is 11.7 Å². The zero-order valence-corrected chi connectivity index (χ0v) is 14.2. The van der Waals surface area contributed by atoms with E-state index in [1.54, 1.807) is 12.1 Å². The molecule has 0 atom stereocenters. The van der Waals surface area contributed by atoms with Crippen LogP contribution in [-0.2, 0) is 11.2 Å². The fraction of sp³-hybridized carbons (Fsp3) is 0.222. The topological polar surface area (TPSA) is 97.1 Å². The number of rotatable bonds is 7. The number of carbonyl (C=O) groups excluding carboxylic acids is 2. The number of carbonyl (C=O) groups is 2. The Balaban J connectivity index is 2.13. The van der Waals surface area contributed by atoms with Gasteiger partial charge in [0.25, 0.3) is 0 Å². The lowest BCUT2D eigenvalue weighted by atomic mass is 10.1. The highest BCUT2D eigenvalue weighted by Gasteiger charge is 2.16. The number of hydrogen-bond acceptors (Lipinski definition) is 6. The van der Waals surface area contributed by atoms with Crippen LogP contribution in [0.2, 0.25) is 0 Å². The van der Waals surface area contributed by atoms with Crippen molar-refractivity contribution >= 4 is 11.9 Å². The van der Waals surface area contributed by atoms with E-state index in [0.717, 1.165) is 0 Å². The molecule has 2 rings (SSSR count). The molecule has 0 fully saturated rings. The Labute approximate surface area is 145 Å². The van der Waals surface area contributed by atoms with Gasteiger partial charge in [0.05, 0.1) is 27.8 Å². The maximum absolute atomic E-state index is 12.1. The Morgan fingerprint density at radius 2 is 1.48 bits per heavy atom. The minimum absolute atomic E-state index is 0.00822. The van der Waals surface area contributed by atoms with Crippen molar-refractivity contribution < 1.29 is 28.5 Å². The molecule has 7 heteroatoms. The molecule has 1 amide bonds. The summed E-state index contributed by atoms with van der Waals surface area (Å²) in [6, 6.07) is 9.35. The van der Waals surface area contributed by atoms with Gasteiger partial charge >= 0.3 is 5.97 Å².